The summed E-state index contributed by atoms with van der Waals surface area (Å²) in [5, 5.41) is 6.78. The van der Waals surface area contributed by atoms with Gasteiger partial charge >= 0.3 is 0 Å². The van der Waals surface area contributed by atoms with Crippen LogP contribution in [-0.4, -0.2) is 51.4 Å². The van der Waals surface area contributed by atoms with Crippen LogP contribution in [0.2, 0.25) is 0 Å². The van der Waals surface area contributed by atoms with Crippen molar-refractivity contribution in [2.24, 2.45) is 5.92 Å². The summed E-state index contributed by atoms with van der Waals surface area (Å²) in [5.74, 6) is 0.295. The van der Waals surface area contributed by atoms with Crippen LogP contribution in [0, 0.1) is 5.92 Å². The van der Waals surface area contributed by atoms with E-state index in [0.29, 0.717) is 32.0 Å². The van der Waals surface area contributed by atoms with E-state index >= 15 is 0 Å². The standard InChI is InChI=1S/C16H24N4O2/c1-19(11-13-8-9-17-18-13)16(22)12-6-7-15(21)20(10-12)14-4-2-3-5-14/h8-9,12,14H,2-7,10-11H2,1H3,(H,17,18). The highest BCUT2D eigenvalue weighted by Gasteiger charge is 2.36. The summed E-state index contributed by atoms with van der Waals surface area (Å²) in [6.45, 7) is 1.13. The number of nitrogens with one attached hydrogen (secondary N) is 1. The van der Waals surface area contributed by atoms with Crippen molar-refractivity contribution in [3.63, 3.8) is 0 Å². The Balaban J connectivity index is 1.61. The van der Waals surface area contributed by atoms with Gasteiger partial charge in [0.15, 0.2) is 0 Å². The topological polar surface area (TPSA) is 69.3 Å². The average Bonchev–Trinajstić information content (AvgIpc) is 3.20. The van der Waals surface area contributed by atoms with Crippen molar-refractivity contribution in [1.29, 1.82) is 0 Å². The minimum absolute atomic E-state index is 0.0637. The lowest BCUT2D eigenvalue weighted by Crippen LogP contribution is -2.49. The van der Waals surface area contributed by atoms with Gasteiger partial charge in [-0.3, -0.25) is 14.7 Å². The summed E-state index contributed by atoms with van der Waals surface area (Å²) in [4.78, 5) is 28.5. The molecule has 2 amide bonds. The Kier molecular flexibility index (Phi) is 4.45. The van der Waals surface area contributed by atoms with Gasteiger partial charge in [-0.25, -0.2) is 0 Å². The van der Waals surface area contributed by atoms with Crippen molar-refractivity contribution < 1.29 is 9.59 Å². The van der Waals surface area contributed by atoms with E-state index in [9.17, 15) is 9.59 Å². The fraction of sp³-hybridized carbons (Fsp3) is 0.688. The lowest BCUT2D eigenvalue weighted by Gasteiger charge is -2.37. The van der Waals surface area contributed by atoms with Gasteiger partial charge in [0.25, 0.3) is 0 Å². The average molecular weight is 304 g/mol. The van der Waals surface area contributed by atoms with Crippen molar-refractivity contribution in [2.45, 2.75) is 51.1 Å². The summed E-state index contributed by atoms with van der Waals surface area (Å²) in [6.07, 6.45) is 7.46. The first-order chi connectivity index (χ1) is 10.6. The van der Waals surface area contributed by atoms with Crippen LogP contribution in [0.5, 0.6) is 0 Å². The number of nitrogens with zero attached hydrogens (tertiary/aromatic N) is 3. The molecular weight excluding hydrogens is 280 g/mol. The van der Waals surface area contributed by atoms with Crippen LogP contribution < -0.4 is 0 Å². The first-order valence-corrected chi connectivity index (χ1v) is 8.18. The van der Waals surface area contributed by atoms with Gasteiger partial charge in [0.2, 0.25) is 11.8 Å². The van der Waals surface area contributed by atoms with Crippen LogP contribution in [0.3, 0.4) is 0 Å². The van der Waals surface area contributed by atoms with Crippen LogP contribution in [0.1, 0.15) is 44.2 Å². The minimum Gasteiger partial charge on any atom is -0.340 e. The molecule has 1 aliphatic heterocycles. The number of amides is 2. The Hall–Kier alpha value is -1.85. The zero-order valence-electron chi connectivity index (χ0n) is 13.1. The van der Waals surface area contributed by atoms with Crippen LogP contribution in [0.15, 0.2) is 12.3 Å². The van der Waals surface area contributed by atoms with E-state index in [4.69, 9.17) is 0 Å². The molecule has 6 nitrogen and oxygen atoms in total. The van der Waals surface area contributed by atoms with E-state index < -0.39 is 0 Å². The van der Waals surface area contributed by atoms with Gasteiger partial charge in [-0.2, -0.15) is 5.10 Å². The maximum absolute atomic E-state index is 12.6. The molecule has 2 fully saturated rings. The zero-order valence-corrected chi connectivity index (χ0v) is 13.1. The quantitative estimate of drug-likeness (QED) is 0.917. The third-order valence-corrected chi connectivity index (χ3v) is 4.90. The van der Waals surface area contributed by atoms with Gasteiger partial charge in [0, 0.05) is 32.3 Å². The van der Waals surface area contributed by atoms with E-state index in [-0.39, 0.29) is 17.7 Å². The molecule has 3 rings (SSSR count). The molecular formula is C16H24N4O2. The monoisotopic (exact) mass is 304 g/mol. The molecule has 6 heteroatoms. The SMILES string of the molecule is CN(Cc1ccn[nH]1)C(=O)C1CCC(=O)N(C2CCCC2)C1. The number of carbonyl (C=O) groups is 2. The fourth-order valence-corrected chi connectivity index (χ4v) is 3.66. The third-order valence-electron chi connectivity index (χ3n) is 4.90. The van der Waals surface area contributed by atoms with Crippen LogP contribution in [-0.2, 0) is 16.1 Å². The lowest BCUT2D eigenvalue weighted by molar-refractivity contribution is -0.144. The highest BCUT2D eigenvalue weighted by Crippen LogP contribution is 2.29. The summed E-state index contributed by atoms with van der Waals surface area (Å²) in [5.41, 5.74) is 0.926. The summed E-state index contributed by atoms with van der Waals surface area (Å²) in [7, 11) is 1.82. The molecule has 1 aliphatic carbocycles. The maximum Gasteiger partial charge on any atom is 0.227 e. The number of aromatic amines is 1. The Bertz CT molecular complexity index is 522. The normalized spacial score (nSPS) is 23.0. The molecule has 1 aromatic heterocycles. The summed E-state index contributed by atoms with van der Waals surface area (Å²) in [6, 6.07) is 2.24. The molecule has 2 aliphatic rings. The molecule has 0 bridgehead atoms. The number of hydrogen-bond donors (Lipinski definition) is 1. The van der Waals surface area contributed by atoms with Gasteiger partial charge < -0.3 is 9.80 Å². The van der Waals surface area contributed by atoms with Crippen molar-refractivity contribution in [1.82, 2.24) is 20.0 Å². The van der Waals surface area contributed by atoms with Crippen molar-refractivity contribution in [2.75, 3.05) is 13.6 Å². The molecule has 1 atom stereocenters. The first kappa shape index (κ1) is 15.1. The number of likely N-dealkylation sites (tertiary alicyclic amines) is 1. The second-order valence-electron chi connectivity index (χ2n) is 6.50. The van der Waals surface area contributed by atoms with Gasteiger partial charge in [0.05, 0.1) is 18.2 Å². The minimum atomic E-state index is -0.0637. The molecule has 0 radical (unpaired) electrons. The number of piperidine rings is 1. The first-order valence-electron chi connectivity index (χ1n) is 8.18. The largest absolute Gasteiger partial charge is 0.340 e. The molecule has 1 unspecified atom stereocenters. The molecule has 1 N–H and O–H groups in total. The molecule has 0 spiro atoms. The maximum atomic E-state index is 12.6. The van der Waals surface area contributed by atoms with Crippen molar-refractivity contribution in [3.05, 3.63) is 18.0 Å². The predicted octanol–water partition coefficient (Wildman–Crippen LogP) is 1.55. The van der Waals surface area contributed by atoms with E-state index in [1.165, 1.54) is 12.8 Å². The fourth-order valence-electron chi connectivity index (χ4n) is 3.66. The van der Waals surface area contributed by atoms with Gasteiger partial charge in [0.1, 0.15) is 0 Å². The molecule has 22 heavy (non-hydrogen) atoms. The lowest BCUT2D eigenvalue weighted by atomic mass is 9.94. The van der Waals surface area contributed by atoms with E-state index in [1.54, 1.807) is 11.1 Å². The van der Waals surface area contributed by atoms with E-state index in [0.717, 1.165) is 18.5 Å². The highest BCUT2D eigenvalue weighted by molar-refractivity contribution is 5.84. The third kappa shape index (κ3) is 3.15. The van der Waals surface area contributed by atoms with E-state index in [2.05, 4.69) is 10.2 Å². The predicted molar refractivity (Wildman–Crippen MR) is 81.8 cm³/mol. The molecule has 2 heterocycles. The zero-order chi connectivity index (χ0) is 15.5. The van der Waals surface area contributed by atoms with Crippen LogP contribution in [0.4, 0.5) is 0 Å². The van der Waals surface area contributed by atoms with Gasteiger partial charge in [-0.15, -0.1) is 0 Å². The number of hydrogen-bond acceptors (Lipinski definition) is 3. The number of carbonyl (C=O) groups excluding carboxylic acids is 2. The van der Waals surface area contributed by atoms with Gasteiger partial charge in [-0.05, 0) is 25.3 Å². The molecule has 0 aromatic carbocycles. The molecule has 1 saturated heterocycles. The second kappa shape index (κ2) is 6.50. The summed E-state index contributed by atoms with van der Waals surface area (Å²) < 4.78 is 0. The number of aromatic nitrogens is 2. The Morgan fingerprint density at radius 3 is 2.86 bits per heavy atom. The molecule has 120 valence electrons. The smallest absolute Gasteiger partial charge is 0.227 e. The van der Waals surface area contributed by atoms with Crippen molar-refractivity contribution in [3.8, 4) is 0 Å². The van der Waals surface area contributed by atoms with E-state index in [1.807, 2.05) is 18.0 Å². The number of H-pyrrole nitrogens is 1. The summed E-state index contributed by atoms with van der Waals surface area (Å²) >= 11 is 0. The van der Waals surface area contributed by atoms with Crippen LogP contribution in [0.25, 0.3) is 0 Å². The molecule has 1 saturated carbocycles. The Morgan fingerprint density at radius 2 is 2.18 bits per heavy atom. The number of rotatable bonds is 4. The Morgan fingerprint density at radius 1 is 1.41 bits per heavy atom. The Labute approximate surface area is 130 Å². The molecule has 1 aromatic rings. The second-order valence-corrected chi connectivity index (χ2v) is 6.50. The highest BCUT2D eigenvalue weighted by atomic mass is 16.2. The van der Waals surface area contributed by atoms with Crippen molar-refractivity contribution >= 4 is 11.8 Å². The van der Waals surface area contributed by atoms with Crippen LogP contribution >= 0.6 is 0 Å². The van der Waals surface area contributed by atoms with Gasteiger partial charge in [-0.1, -0.05) is 12.8 Å².